The van der Waals surface area contributed by atoms with Gasteiger partial charge in [-0.2, -0.15) is 0 Å². The molecule has 174 valence electrons. The van der Waals surface area contributed by atoms with Crippen molar-refractivity contribution in [3.63, 3.8) is 0 Å². The maximum Gasteiger partial charge on any atom is 0.258 e. The molecule has 4 aromatic rings. The van der Waals surface area contributed by atoms with Gasteiger partial charge in [-0.25, -0.2) is 0 Å². The van der Waals surface area contributed by atoms with Gasteiger partial charge in [0.05, 0.1) is 5.56 Å². The summed E-state index contributed by atoms with van der Waals surface area (Å²) >= 11 is 5.98. The lowest BCUT2D eigenvalue weighted by Crippen LogP contribution is -2.50. The fourth-order valence-electron chi connectivity index (χ4n) is 4.23. The Morgan fingerprint density at radius 1 is 0.800 bits per heavy atom. The van der Waals surface area contributed by atoms with Crippen molar-refractivity contribution in [2.45, 2.75) is 19.0 Å². The van der Waals surface area contributed by atoms with Crippen LogP contribution in [-0.4, -0.2) is 22.8 Å². The van der Waals surface area contributed by atoms with Gasteiger partial charge in [-0.3, -0.25) is 9.59 Å². The third kappa shape index (κ3) is 5.05. The molecule has 1 heterocycles. The summed E-state index contributed by atoms with van der Waals surface area (Å²) in [5.41, 5.74) is 3.11. The molecule has 0 saturated carbocycles. The van der Waals surface area contributed by atoms with Gasteiger partial charge in [-0.1, -0.05) is 66.2 Å². The predicted molar refractivity (Wildman–Crippen MR) is 137 cm³/mol. The molecule has 1 aliphatic heterocycles. The van der Waals surface area contributed by atoms with Crippen LogP contribution >= 0.6 is 11.6 Å². The number of hydrogen-bond donors (Lipinski definition) is 1. The molecule has 1 aliphatic rings. The number of rotatable bonds is 5. The van der Waals surface area contributed by atoms with Crippen LogP contribution in [0.5, 0.6) is 11.5 Å². The molecular weight excluding hydrogens is 460 g/mol. The highest BCUT2D eigenvalue weighted by Crippen LogP contribution is 2.30. The molecule has 5 nitrogen and oxygen atoms in total. The first-order valence-electron chi connectivity index (χ1n) is 11.3. The molecule has 4 aromatic carbocycles. The van der Waals surface area contributed by atoms with E-state index in [1.54, 1.807) is 47.4 Å². The number of halogens is 1. The van der Waals surface area contributed by atoms with Gasteiger partial charge in [0.15, 0.2) is 0 Å². The van der Waals surface area contributed by atoms with Crippen LogP contribution in [-0.2, 0) is 17.8 Å². The average Bonchev–Trinajstić information content (AvgIpc) is 2.90. The van der Waals surface area contributed by atoms with Gasteiger partial charge >= 0.3 is 0 Å². The molecular formula is C29H23ClN2O3. The number of nitrogens with zero attached hydrogens (tertiary/aromatic N) is 1. The second-order valence-electron chi connectivity index (χ2n) is 8.33. The van der Waals surface area contributed by atoms with E-state index in [9.17, 15) is 9.59 Å². The van der Waals surface area contributed by atoms with E-state index in [2.05, 4.69) is 5.32 Å². The van der Waals surface area contributed by atoms with E-state index < -0.39 is 6.04 Å². The van der Waals surface area contributed by atoms with Crippen LogP contribution in [0.2, 0.25) is 5.02 Å². The van der Waals surface area contributed by atoms with Crippen LogP contribution in [0.3, 0.4) is 0 Å². The smallest absolute Gasteiger partial charge is 0.258 e. The number of hydrogen-bond acceptors (Lipinski definition) is 3. The van der Waals surface area contributed by atoms with Crippen LogP contribution in [0.25, 0.3) is 0 Å². The van der Waals surface area contributed by atoms with Crippen molar-refractivity contribution in [2.24, 2.45) is 0 Å². The summed E-state index contributed by atoms with van der Waals surface area (Å²) in [5, 5.41) is 3.52. The molecule has 0 aromatic heterocycles. The Morgan fingerprint density at radius 3 is 2.23 bits per heavy atom. The zero-order chi connectivity index (χ0) is 24.2. The highest BCUT2D eigenvalue weighted by Gasteiger charge is 2.36. The minimum atomic E-state index is -0.683. The summed E-state index contributed by atoms with van der Waals surface area (Å²) in [4.78, 5) is 28.9. The number of nitrogens with one attached hydrogen (secondary N) is 1. The molecule has 0 unspecified atom stereocenters. The number of amides is 2. The molecule has 0 aliphatic carbocycles. The Hall–Kier alpha value is -4.09. The number of carbonyl (C=O) groups excluding carboxylic acids is 2. The minimum absolute atomic E-state index is 0.253. The topological polar surface area (TPSA) is 58.6 Å². The minimum Gasteiger partial charge on any atom is -0.457 e. The molecule has 0 bridgehead atoms. The van der Waals surface area contributed by atoms with E-state index in [0.29, 0.717) is 40.7 Å². The zero-order valence-electron chi connectivity index (χ0n) is 18.9. The first-order valence-corrected chi connectivity index (χ1v) is 11.7. The second kappa shape index (κ2) is 10.0. The molecule has 35 heavy (non-hydrogen) atoms. The normalized spacial score (nSPS) is 14.7. The third-order valence-electron chi connectivity index (χ3n) is 6.01. The van der Waals surface area contributed by atoms with Crippen molar-refractivity contribution in [1.29, 1.82) is 0 Å². The van der Waals surface area contributed by atoms with E-state index in [4.69, 9.17) is 16.3 Å². The van der Waals surface area contributed by atoms with E-state index in [1.807, 2.05) is 60.7 Å². The summed E-state index contributed by atoms with van der Waals surface area (Å²) in [6, 6.07) is 30.6. The van der Waals surface area contributed by atoms with Gasteiger partial charge in [-0.15, -0.1) is 0 Å². The number of carbonyl (C=O) groups is 2. The van der Waals surface area contributed by atoms with Crippen LogP contribution in [0, 0.1) is 0 Å². The number of ether oxygens (including phenoxy) is 1. The van der Waals surface area contributed by atoms with Crippen molar-refractivity contribution in [2.75, 3.05) is 5.32 Å². The number of fused-ring (bicyclic) bond motifs is 1. The molecule has 0 saturated heterocycles. The molecule has 5 rings (SSSR count). The summed E-state index contributed by atoms with van der Waals surface area (Å²) in [5.74, 6) is 0.562. The fourth-order valence-corrected chi connectivity index (χ4v) is 4.36. The van der Waals surface area contributed by atoms with Gasteiger partial charge in [0.25, 0.3) is 5.91 Å². The number of para-hydroxylation sites is 2. The standard InChI is InChI=1S/C29H23ClN2O3/c30-22-14-16-23(17-15-22)31-28(33)26-18-20-8-4-5-9-21(20)19-32(26)29(34)25-12-6-7-13-27(25)35-24-10-2-1-3-11-24/h1-17,26H,18-19H2,(H,31,33)/t26-/m1/s1. The molecule has 2 amide bonds. The van der Waals surface area contributed by atoms with Crippen molar-refractivity contribution >= 4 is 29.1 Å². The third-order valence-corrected chi connectivity index (χ3v) is 6.26. The number of benzene rings is 4. The number of anilines is 1. The quantitative estimate of drug-likeness (QED) is 0.361. The average molecular weight is 483 g/mol. The lowest BCUT2D eigenvalue weighted by Gasteiger charge is -2.36. The first kappa shape index (κ1) is 22.7. The molecule has 0 radical (unpaired) electrons. The summed E-state index contributed by atoms with van der Waals surface area (Å²) in [6.45, 7) is 0.327. The summed E-state index contributed by atoms with van der Waals surface area (Å²) in [7, 11) is 0. The highest BCUT2D eigenvalue weighted by molar-refractivity contribution is 6.30. The fraction of sp³-hybridized carbons (Fsp3) is 0.103. The highest BCUT2D eigenvalue weighted by atomic mass is 35.5. The van der Waals surface area contributed by atoms with E-state index in [-0.39, 0.29) is 11.8 Å². The van der Waals surface area contributed by atoms with Crippen LogP contribution in [0.15, 0.2) is 103 Å². The summed E-state index contributed by atoms with van der Waals surface area (Å²) < 4.78 is 6.03. The zero-order valence-corrected chi connectivity index (χ0v) is 19.6. The van der Waals surface area contributed by atoms with Gasteiger partial charge in [-0.05, 0) is 59.7 Å². The lowest BCUT2D eigenvalue weighted by atomic mass is 9.92. The maximum absolute atomic E-state index is 13.9. The molecule has 1 N–H and O–H groups in total. The Bertz CT molecular complexity index is 1360. The van der Waals surface area contributed by atoms with Gasteiger partial charge < -0.3 is 15.0 Å². The molecule has 0 spiro atoms. The molecule has 6 heteroatoms. The van der Waals surface area contributed by atoms with Gasteiger partial charge in [0.1, 0.15) is 17.5 Å². The SMILES string of the molecule is O=C(Nc1ccc(Cl)cc1)[C@H]1Cc2ccccc2CN1C(=O)c1ccccc1Oc1ccccc1. The monoisotopic (exact) mass is 482 g/mol. The van der Waals surface area contributed by atoms with E-state index in [0.717, 1.165) is 11.1 Å². The van der Waals surface area contributed by atoms with Gasteiger partial charge in [0, 0.05) is 23.7 Å². The van der Waals surface area contributed by atoms with Crippen molar-refractivity contribution < 1.29 is 14.3 Å². The second-order valence-corrected chi connectivity index (χ2v) is 8.77. The van der Waals surface area contributed by atoms with E-state index >= 15 is 0 Å². The van der Waals surface area contributed by atoms with Crippen molar-refractivity contribution in [3.8, 4) is 11.5 Å². The van der Waals surface area contributed by atoms with Crippen LogP contribution in [0.4, 0.5) is 5.69 Å². The van der Waals surface area contributed by atoms with Crippen LogP contribution < -0.4 is 10.1 Å². The Labute approximate surface area is 208 Å². The maximum atomic E-state index is 13.9. The lowest BCUT2D eigenvalue weighted by molar-refractivity contribution is -0.121. The Morgan fingerprint density at radius 2 is 1.46 bits per heavy atom. The molecule has 1 atom stereocenters. The van der Waals surface area contributed by atoms with Crippen LogP contribution in [0.1, 0.15) is 21.5 Å². The Balaban J connectivity index is 1.47. The van der Waals surface area contributed by atoms with Crippen molar-refractivity contribution in [1.82, 2.24) is 4.90 Å². The summed E-state index contributed by atoms with van der Waals surface area (Å²) in [6.07, 6.45) is 0.420. The van der Waals surface area contributed by atoms with E-state index in [1.165, 1.54) is 0 Å². The van der Waals surface area contributed by atoms with Gasteiger partial charge in [0.2, 0.25) is 5.91 Å². The largest absolute Gasteiger partial charge is 0.457 e. The molecule has 0 fully saturated rings. The first-order chi connectivity index (χ1) is 17.1. The predicted octanol–water partition coefficient (Wildman–Crippen LogP) is 6.34. The Kier molecular flexibility index (Phi) is 6.51. The van der Waals surface area contributed by atoms with Crippen molar-refractivity contribution in [3.05, 3.63) is 125 Å².